The molecule has 1 saturated heterocycles. The van der Waals surface area contributed by atoms with Gasteiger partial charge in [0, 0.05) is 36.3 Å². The lowest BCUT2D eigenvalue weighted by Crippen LogP contribution is -2.55. The summed E-state index contributed by atoms with van der Waals surface area (Å²) in [6.07, 6.45) is 3.27. The van der Waals surface area contributed by atoms with Crippen LogP contribution in [0.3, 0.4) is 0 Å². The highest BCUT2D eigenvalue weighted by molar-refractivity contribution is 7.86. The van der Waals surface area contributed by atoms with Gasteiger partial charge >= 0.3 is 11.9 Å². The normalized spacial score (nSPS) is 18.0. The third-order valence-corrected chi connectivity index (χ3v) is 9.13. The van der Waals surface area contributed by atoms with Gasteiger partial charge in [0.05, 0.1) is 28.0 Å². The van der Waals surface area contributed by atoms with Crippen LogP contribution in [0.2, 0.25) is 0 Å². The fraction of sp³-hybridized carbons (Fsp3) is 0.115. The topological polar surface area (TPSA) is 188 Å². The van der Waals surface area contributed by atoms with E-state index in [4.69, 9.17) is 4.98 Å². The van der Waals surface area contributed by atoms with E-state index in [0.717, 1.165) is 0 Å². The molecule has 4 aromatic rings. The molecule has 0 radical (unpaired) electrons. The van der Waals surface area contributed by atoms with E-state index in [1.807, 2.05) is 0 Å². The number of quaternary nitrogens is 1. The molecular weight excluding hydrogens is 588 g/mol. The molecule has 16 heteroatoms. The van der Waals surface area contributed by atoms with Gasteiger partial charge in [0.1, 0.15) is 11.5 Å². The van der Waals surface area contributed by atoms with Crippen LogP contribution < -0.4 is 20.2 Å². The molecule has 14 nitrogen and oxygen atoms in total. The lowest BCUT2D eigenvalue weighted by Gasteiger charge is -2.40. The molecule has 42 heavy (non-hydrogen) atoms. The van der Waals surface area contributed by atoms with Crippen molar-refractivity contribution in [2.45, 2.75) is 15.8 Å². The monoisotopic (exact) mass is 611 g/mol. The van der Waals surface area contributed by atoms with Crippen LogP contribution in [0.15, 0.2) is 88.5 Å². The number of rotatable bonds is 5. The molecule has 0 saturated carbocycles. The number of likely N-dealkylation sites (N-methyl/N-ethyl adjacent to an activating group) is 1. The highest BCUT2D eigenvalue weighted by Gasteiger charge is 2.50. The second-order valence-electron chi connectivity index (χ2n) is 9.98. The maximum absolute atomic E-state index is 14.5. The summed E-state index contributed by atoms with van der Waals surface area (Å²) < 4.78 is 67.9. The molecule has 2 atom stereocenters. The Labute approximate surface area is 239 Å². The second-order valence-corrected chi connectivity index (χ2v) is 12.8. The number of fused-ring (bicyclic) bond motifs is 4. The molecule has 2 aliphatic rings. The Morgan fingerprint density at radius 2 is 1.67 bits per heavy atom. The van der Waals surface area contributed by atoms with Gasteiger partial charge in [-0.15, -0.1) is 0 Å². The molecule has 0 spiro atoms. The molecule has 4 heterocycles. The van der Waals surface area contributed by atoms with E-state index in [0.29, 0.717) is 28.1 Å². The van der Waals surface area contributed by atoms with Gasteiger partial charge in [-0.3, -0.25) is 14.4 Å². The average Bonchev–Trinajstić information content (AvgIpc) is 3.54. The Morgan fingerprint density at radius 3 is 2.33 bits per heavy atom. The number of hydrogen-bond donors (Lipinski definition) is 4. The number of carbonyl (C=O) groups excluding carboxylic acids is 2. The summed E-state index contributed by atoms with van der Waals surface area (Å²) in [7, 11) is -5.84. The molecular formula is C26H23N6O8S2+. The van der Waals surface area contributed by atoms with Gasteiger partial charge in [0.15, 0.2) is 6.04 Å². The largest absolute Gasteiger partial charge is 0.369 e. The van der Waals surface area contributed by atoms with Crippen LogP contribution in [0.5, 0.6) is 0 Å². The quantitative estimate of drug-likeness (QED) is 0.193. The van der Waals surface area contributed by atoms with Gasteiger partial charge in [-0.2, -0.15) is 26.3 Å². The van der Waals surface area contributed by atoms with E-state index in [1.54, 1.807) is 49.1 Å². The zero-order valence-corrected chi connectivity index (χ0v) is 23.6. The summed E-state index contributed by atoms with van der Waals surface area (Å²) in [6.45, 7) is 0. The van der Waals surface area contributed by atoms with Crippen LogP contribution >= 0.6 is 0 Å². The van der Waals surface area contributed by atoms with Crippen molar-refractivity contribution in [3.63, 3.8) is 0 Å². The number of anilines is 1. The molecule has 6 rings (SSSR count). The van der Waals surface area contributed by atoms with E-state index in [1.165, 1.54) is 47.5 Å². The van der Waals surface area contributed by atoms with Crippen LogP contribution in [-0.2, 0) is 27.3 Å². The first-order chi connectivity index (χ1) is 19.7. The first-order valence-corrected chi connectivity index (χ1v) is 15.2. The number of aromatic nitrogens is 2. The van der Waals surface area contributed by atoms with Crippen molar-refractivity contribution in [3.05, 3.63) is 90.0 Å². The zero-order valence-electron chi connectivity index (χ0n) is 22.0. The van der Waals surface area contributed by atoms with Crippen molar-refractivity contribution in [2.75, 3.05) is 12.1 Å². The summed E-state index contributed by atoms with van der Waals surface area (Å²) in [5, 5.41) is 4.45. The fourth-order valence-corrected chi connectivity index (χ4v) is 6.31. The van der Waals surface area contributed by atoms with E-state index < -0.39 is 47.6 Å². The number of hydrazine groups is 1. The lowest BCUT2D eigenvalue weighted by atomic mass is 9.96. The summed E-state index contributed by atoms with van der Waals surface area (Å²) in [5.41, 5.74) is 3.86. The molecule has 4 N–H and O–H groups in total. The Morgan fingerprint density at radius 1 is 0.976 bits per heavy atom. The van der Waals surface area contributed by atoms with Crippen LogP contribution in [-0.4, -0.2) is 54.5 Å². The van der Waals surface area contributed by atoms with Crippen molar-refractivity contribution in [1.82, 2.24) is 24.8 Å². The highest BCUT2D eigenvalue weighted by atomic mass is 32.2. The maximum Gasteiger partial charge on any atom is 0.369 e. The summed E-state index contributed by atoms with van der Waals surface area (Å²) in [5.74, 6) is 0.0449. The van der Waals surface area contributed by atoms with Crippen LogP contribution in [0.25, 0.3) is 10.9 Å². The second kappa shape index (κ2) is 9.20. The number of amides is 3. The minimum Gasteiger partial charge on any atom is -0.343 e. The molecule has 2 aromatic carbocycles. The van der Waals surface area contributed by atoms with Crippen molar-refractivity contribution >= 4 is 54.6 Å². The number of nitrogens with one attached hydrogen (secondary N) is 2. The number of benzene rings is 2. The van der Waals surface area contributed by atoms with Gasteiger partial charge in [0.25, 0.3) is 20.2 Å². The van der Waals surface area contributed by atoms with Crippen LogP contribution in [0.4, 0.5) is 16.3 Å². The minimum atomic E-state index is -4.64. The molecule has 3 amide bonds. The highest BCUT2D eigenvalue weighted by Crippen LogP contribution is 2.45. The smallest absolute Gasteiger partial charge is 0.343 e. The van der Waals surface area contributed by atoms with Gasteiger partial charge in [0.2, 0.25) is 5.82 Å². The van der Waals surface area contributed by atoms with Crippen LogP contribution in [0, 0.1) is 0 Å². The first kappa shape index (κ1) is 27.6. The number of nitrogens with zero attached hydrogens (tertiary/aromatic N) is 4. The third kappa shape index (κ3) is 4.32. The molecule has 0 bridgehead atoms. The molecule has 2 unspecified atom stereocenters. The SMILES string of the molecule is Cn1cccc1C(=O)[N+](C)(c1ccc2cc(S(=O)(=O)O)ccc2n1)C1C=C2NC(=O)NN2c2ccc(S(=O)(=O)O)cc21. The predicted octanol–water partition coefficient (Wildman–Crippen LogP) is 2.47. The maximum atomic E-state index is 14.5. The standard InChI is InChI=1S/C26H22N6O8S2/c1-30-11-3-4-21(30)25(33)32(2,24-10-5-15-12-16(41(35,36)37)6-8-19(15)27-24)22-14-23-28-26(34)29-31(23)20-9-7-17(13-18(20)22)42(38,39)40/h3-14,22H,1-2H3,(H3-,28,29,34,35,36,37,38,39,40)/p+1. The predicted molar refractivity (Wildman–Crippen MR) is 150 cm³/mol. The molecule has 2 aliphatic heterocycles. The zero-order chi connectivity index (χ0) is 30.2. The molecule has 2 aromatic heterocycles. The number of urea groups is 1. The molecule has 0 aliphatic carbocycles. The summed E-state index contributed by atoms with van der Waals surface area (Å²) >= 11 is 0. The number of carbonyl (C=O) groups is 2. The van der Waals surface area contributed by atoms with E-state index in [2.05, 4.69) is 10.7 Å². The summed E-state index contributed by atoms with van der Waals surface area (Å²) in [4.78, 5) is 30.8. The third-order valence-electron chi connectivity index (χ3n) is 7.43. The van der Waals surface area contributed by atoms with Crippen molar-refractivity contribution in [1.29, 1.82) is 0 Å². The summed E-state index contributed by atoms with van der Waals surface area (Å²) in [6, 6.07) is 12.5. The van der Waals surface area contributed by atoms with Crippen molar-refractivity contribution in [3.8, 4) is 0 Å². The first-order valence-electron chi connectivity index (χ1n) is 12.3. The molecule has 216 valence electrons. The van der Waals surface area contributed by atoms with E-state index in [-0.39, 0.29) is 16.3 Å². The van der Waals surface area contributed by atoms with Crippen LogP contribution in [0.1, 0.15) is 22.1 Å². The molecule has 1 fully saturated rings. The Bertz CT molecular complexity index is 2090. The van der Waals surface area contributed by atoms with Crippen molar-refractivity contribution in [2.24, 2.45) is 7.05 Å². The number of pyridine rings is 1. The Kier molecular flexibility index (Phi) is 6.03. The van der Waals surface area contributed by atoms with Gasteiger partial charge in [-0.25, -0.2) is 20.0 Å². The lowest BCUT2D eigenvalue weighted by molar-refractivity contribution is 0.0750. The van der Waals surface area contributed by atoms with Gasteiger partial charge < -0.3 is 4.57 Å². The number of aryl methyl sites for hydroxylation is 1. The average molecular weight is 612 g/mol. The van der Waals surface area contributed by atoms with Crippen molar-refractivity contribution < 1.29 is 35.5 Å². The Balaban J connectivity index is 1.63. The van der Waals surface area contributed by atoms with Gasteiger partial charge in [-0.1, -0.05) is 0 Å². The van der Waals surface area contributed by atoms with E-state index in [9.17, 15) is 35.5 Å². The van der Waals surface area contributed by atoms with Gasteiger partial charge in [-0.05, 0) is 54.6 Å². The van der Waals surface area contributed by atoms with E-state index >= 15 is 0 Å². The minimum absolute atomic E-state index is 0.198. The number of hydrogen-bond acceptors (Lipinski definition) is 8. The fourth-order valence-electron chi connectivity index (χ4n) is 5.27. The Hall–Kier alpha value is -4.61.